The Morgan fingerprint density at radius 1 is 1.46 bits per heavy atom. The van der Waals surface area contributed by atoms with Crippen molar-refractivity contribution < 1.29 is 9.53 Å². The molecule has 0 unspecified atom stereocenters. The third-order valence-corrected chi connectivity index (χ3v) is 2.25. The molecule has 0 amide bonds. The summed E-state index contributed by atoms with van der Waals surface area (Å²) in [6, 6.07) is 0. The molecule has 0 spiro atoms. The molecule has 0 N–H and O–H groups in total. The summed E-state index contributed by atoms with van der Waals surface area (Å²) < 4.78 is 4.94. The Kier molecular flexibility index (Phi) is 5.63. The van der Waals surface area contributed by atoms with E-state index in [2.05, 4.69) is 6.58 Å². The normalized spacial score (nSPS) is 11.3. The second-order valence-electron chi connectivity index (χ2n) is 3.90. The number of rotatable bonds is 7. The van der Waals surface area contributed by atoms with Gasteiger partial charge in [-0.05, 0) is 18.9 Å². The van der Waals surface area contributed by atoms with E-state index < -0.39 is 0 Å². The standard InChI is InChI=1S/C11H20O2/c1-5-10(12)11(2,3)8-6-7-9-13-4/h5H,1,6-9H2,2-4H3. The van der Waals surface area contributed by atoms with Gasteiger partial charge in [-0.2, -0.15) is 0 Å². The van der Waals surface area contributed by atoms with Crippen LogP contribution in [0.5, 0.6) is 0 Å². The topological polar surface area (TPSA) is 26.3 Å². The molecule has 13 heavy (non-hydrogen) atoms. The lowest BCUT2D eigenvalue weighted by Gasteiger charge is -2.20. The van der Waals surface area contributed by atoms with Crippen LogP contribution in [-0.4, -0.2) is 19.5 Å². The molecule has 0 atom stereocenters. The van der Waals surface area contributed by atoms with Crippen LogP contribution in [0.1, 0.15) is 33.1 Å². The highest BCUT2D eigenvalue weighted by Crippen LogP contribution is 2.24. The average Bonchev–Trinajstić information content (AvgIpc) is 2.11. The Balaban J connectivity index is 3.75. The van der Waals surface area contributed by atoms with Crippen LogP contribution in [-0.2, 0) is 9.53 Å². The number of hydrogen-bond donors (Lipinski definition) is 0. The minimum atomic E-state index is -0.254. The van der Waals surface area contributed by atoms with Gasteiger partial charge in [0.15, 0.2) is 5.78 Å². The highest BCUT2D eigenvalue weighted by Gasteiger charge is 2.23. The fourth-order valence-corrected chi connectivity index (χ4v) is 1.21. The zero-order chi connectivity index (χ0) is 10.3. The van der Waals surface area contributed by atoms with E-state index in [4.69, 9.17) is 4.74 Å². The summed E-state index contributed by atoms with van der Waals surface area (Å²) in [5, 5.41) is 0. The molecule has 0 radical (unpaired) electrons. The predicted molar refractivity (Wildman–Crippen MR) is 54.7 cm³/mol. The molecule has 0 aromatic rings. The minimum absolute atomic E-state index is 0.130. The van der Waals surface area contributed by atoms with Gasteiger partial charge in [-0.25, -0.2) is 0 Å². The van der Waals surface area contributed by atoms with Gasteiger partial charge in [-0.1, -0.05) is 26.8 Å². The maximum absolute atomic E-state index is 11.3. The van der Waals surface area contributed by atoms with Gasteiger partial charge in [0.2, 0.25) is 0 Å². The first-order valence-electron chi connectivity index (χ1n) is 4.70. The van der Waals surface area contributed by atoms with Crippen molar-refractivity contribution in [2.75, 3.05) is 13.7 Å². The van der Waals surface area contributed by atoms with Crippen LogP contribution < -0.4 is 0 Å². The van der Waals surface area contributed by atoms with Gasteiger partial charge in [0, 0.05) is 19.1 Å². The first-order valence-corrected chi connectivity index (χ1v) is 4.70. The van der Waals surface area contributed by atoms with Crippen LogP contribution >= 0.6 is 0 Å². The maximum atomic E-state index is 11.3. The number of ether oxygens (including phenoxy) is 1. The van der Waals surface area contributed by atoms with E-state index >= 15 is 0 Å². The fourth-order valence-electron chi connectivity index (χ4n) is 1.21. The highest BCUT2D eigenvalue weighted by atomic mass is 16.5. The van der Waals surface area contributed by atoms with Gasteiger partial charge in [-0.3, -0.25) is 4.79 Å². The molecule has 0 aliphatic rings. The van der Waals surface area contributed by atoms with Gasteiger partial charge in [0.1, 0.15) is 0 Å². The zero-order valence-electron chi connectivity index (χ0n) is 8.93. The van der Waals surface area contributed by atoms with Crippen LogP contribution in [0.2, 0.25) is 0 Å². The van der Waals surface area contributed by atoms with Gasteiger partial charge in [0.05, 0.1) is 0 Å². The quantitative estimate of drug-likeness (QED) is 0.449. The molecule has 0 aliphatic carbocycles. The Bertz CT molecular complexity index is 171. The molecule has 0 aliphatic heterocycles. The Hall–Kier alpha value is -0.630. The molecule has 76 valence electrons. The SMILES string of the molecule is C=CC(=O)C(C)(C)CCCCOC. The molecule has 0 fully saturated rings. The van der Waals surface area contributed by atoms with E-state index in [-0.39, 0.29) is 11.2 Å². The van der Waals surface area contributed by atoms with E-state index in [1.165, 1.54) is 6.08 Å². The van der Waals surface area contributed by atoms with E-state index in [0.29, 0.717) is 0 Å². The fraction of sp³-hybridized carbons (Fsp3) is 0.727. The monoisotopic (exact) mass is 184 g/mol. The molecule has 0 aromatic carbocycles. The first-order chi connectivity index (χ1) is 6.04. The third kappa shape index (κ3) is 4.83. The molecule has 0 saturated carbocycles. The zero-order valence-corrected chi connectivity index (χ0v) is 8.93. The molecule has 0 rings (SSSR count). The molecular weight excluding hydrogens is 164 g/mol. The van der Waals surface area contributed by atoms with Gasteiger partial charge in [0.25, 0.3) is 0 Å². The summed E-state index contributed by atoms with van der Waals surface area (Å²) in [4.78, 5) is 11.3. The van der Waals surface area contributed by atoms with Crippen LogP contribution in [0.3, 0.4) is 0 Å². The van der Waals surface area contributed by atoms with Crippen LogP contribution in [0.25, 0.3) is 0 Å². The van der Waals surface area contributed by atoms with Crippen molar-refractivity contribution in [1.29, 1.82) is 0 Å². The number of carbonyl (C=O) groups excluding carboxylic acids is 1. The summed E-state index contributed by atoms with van der Waals surface area (Å²) in [6.45, 7) is 8.20. The van der Waals surface area contributed by atoms with Crippen molar-refractivity contribution in [2.45, 2.75) is 33.1 Å². The second kappa shape index (κ2) is 5.92. The van der Waals surface area contributed by atoms with Gasteiger partial charge >= 0.3 is 0 Å². The van der Waals surface area contributed by atoms with E-state index in [0.717, 1.165) is 25.9 Å². The molecule has 0 aromatic heterocycles. The van der Waals surface area contributed by atoms with Crippen molar-refractivity contribution in [1.82, 2.24) is 0 Å². The lowest BCUT2D eigenvalue weighted by atomic mass is 9.83. The lowest BCUT2D eigenvalue weighted by molar-refractivity contribution is -0.122. The summed E-state index contributed by atoms with van der Waals surface area (Å²) in [7, 11) is 1.69. The van der Waals surface area contributed by atoms with E-state index in [9.17, 15) is 4.79 Å². The van der Waals surface area contributed by atoms with Crippen molar-refractivity contribution >= 4 is 5.78 Å². The minimum Gasteiger partial charge on any atom is -0.385 e. The number of hydrogen-bond acceptors (Lipinski definition) is 2. The summed E-state index contributed by atoms with van der Waals surface area (Å²) >= 11 is 0. The molecule has 0 bridgehead atoms. The third-order valence-electron chi connectivity index (χ3n) is 2.25. The van der Waals surface area contributed by atoms with Crippen molar-refractivity contribution in [3.05, 3.63) is 12.7 Å². The largest absolute Gasteiger partial charge is 0.385 e. The van der Waals surface area contributed by atoms with Crippen molar-refractivity contribution in [3.8, 4) is 0 Å². The van der Waals surface area contributed by atoms with Crippen molar-refractivity contribution in [2.24, 2.45) is 5.41 Å². The number of unbranched alkanes of at least 4 members (excludes halogenated alkanes) is 1. The molecule has 0 saturated heterocycles. The van der Waals surface area contributed by atoms with Gasteiger partial charge in [-0.15, -0.1) is 0 Å². The number of ketones is 1. The molecular formula is C11H20O2. The second-order valence-corrected chi connectivity index (χ2v) is 3.90. The molecule has 2 nitrogen and oxygen atoms in total. The van der Waals surface area contributed by atoms with Crippen molar-refractivity contribution in [3.63, 3.8) is 0 Å². The smallest absolute Gasteiger partial charge is 0.160 e. The highest BCUT2D eigenvalue weighted by molar-refractivity contribution is 5.93. The molecule has 2 heteroatoms. The van der Waals surface area contributed by atoms with Crippen LogP contribution in [0.4, 0.5) is 0 Å². The summed E-state index contributed by atoms with van der Waals surface area (Å²) in [5.74, 6) is 0.130. The maximum Gasteiger partial charge on any atom is 0.160 e. The summed E-state index contributed by atoms with van der Waals surface area (Å²) in [6.07, 6.45) is 4.36. The van der Waals surface area contributed by atoms with E-state index in [1.54, 1.807) is 7.11 Å². The predicted octanol–water partition coefficient (Wildman–Crippen LogP) is 2.58. The van der Waals surface area contributed by atoms with Gasteiger partial charge < -0.3 is 4.74 Å². The van der Waals surface area contributed by atoms with E-state index in [1.807, 2.05) is 13.8 Å². The lowest BCUT2D eigenvalue weighted by Crippen LogP contribution is -2.22. The Morgan fingerprint density at radius 3 is 2.54 bits per heavy atom. The van der Waals surface area contributed by atoms with Crippen LogP contribution in [0.15, 0.2) is 12.7 Å². The molecule has 0 heterocycles. The Labute approximate surface area is 81.0 Å². The summed E-state index contributed by atoms with van der Waals surface area (Å²) in [5.41, 5.74) is -0.254. The number of carbonyl (C=O) groups is 1. The Morgan fingerprint density at radius 2 is 2.08 bits per heavy atom. The van der Waals surface area contributed by atoms with Crippen LogP contribution in [0, 0.1) is 5.41 Å². The number of methoxy groups -OCH3 is 1. The average molecular weight is 184 g/mol. The number of allylic oxidation sites excluding steroid dienone is 1. The first kappa shape index (κ1) is 12.4.